The van der Waals surface area contributed by atoms with E-state index < -0.39 is 11.9 Å². The first-order valence-corrected chi connectivity index (χ1v) is 7.25. The Morgan fingerprint density at radius 1 is 1.19 bits per heavy atom. The van der Waals surface area contributed by atoms with Crippen LogP contribution >= 0.6 is 34.8 Å². The van der Waals surface area contributed by atoms with Gasteiger partial charge in [0.05, 0.1) is 15.1 Å². The average molecular weight is 355 g/mol. The van der Waals surface area contributed by atoms with Gasteiger partial charge in [-0.3, -0.25) is 9.59 Å². The summed E-state index contributed by atoms with van der Waals surface area (Å²) < 4.78 is 5.28. The first-order chi connectivity index (χ1) is 9.85. The van der Waals surface area contributed by atoms with Crippen molar-refractivity contribution in [2.24, 2.45) is 0 Å². The fourth-order valence-electron chi connectivity index (χ4n) is 1.57. The molecule has 0 radical (unpaired) electrons. The van der Waals surface area contributed by atoms with Gasteiger partial charge in [0.1, 0.15) is 12.3 Å². The van der Waals surface area contributed by atoms with Crippen molar-refractivity contribution in [1.29, 1.82) is 0 Å². The van der Waals surface area contributed by atoms with Gasteiger partial charge >= 0.3 is 5.97 Å². The molecule has 0 heterocycles. The van der Waals surface area contributed by atoms with E-state index >= 15 is 0 Å². The molecular formula is C13H14Cl3NO4. The van der Waals surface area contributed by atoms with Crippen LogP contribution in [0.4, 0.5) is 0 Å². The van der Waals surface area contributed by atoms with Crippen molar-refractivity contribution in [3.8, 4) is 5.75 Å². The van der Waals surface area contributed by atoms with Crippen molar-refractivity contribution in [2.75, 3.05) is 19.7 Å². The fourth-order valence-corrected chi connectivity index (χ4v) is 2.16. The molecule has 0 saturated heterocycles. The number of halogens is 3. The Morgan fingerprint density at radius 3 is 2.38 bits per heavy atom. The van der Waals surface area contributed by atoms with Gasteiger partial charge in [-0.2, -0.15) is 0 Å². The molecule has 0 aromatic heterocycles. The standard InChI is InChI=1S/C13H14Cl3NO4/c1-2-3-17(6-13(19)20)12(18)7-21-11-5-9(15)8(14)4-10(11)16/h4-5H,2-3,6-7H2,1H3,(H,19,20). The SMILES string of the molecule is CCCN(CC(=O)O)C(=O)COc1cc(Cl)c(Cl)cc1Cl. The first kappa shape index (κ1) is 17.9. The molecule has 1 amide bonds. The summed E-state index contributed by atoms with van der Waals surface area (Å²) in [4.78, 5) is 23.9. The van der Waals surface area contributed by atoms with Crippen LogP contribution in [0, 0.1) is 0 Å². The van der Waals surface area contributed by atoms with Gasteiger partial charge in [-0.15, -0.1) is 0 Å². The second-order valence-corrected chi connectivity index (χ2v) is 5.42. The molecule has 0 fully saturated rings. The van der Waals surface area contributed by atoms with Crippen LogP contribution in [-0.4, -0.2) is 41.6 Å². The molecule has 0 aliphatic heterocycles. The molecule has 8 heteroatoms. The molecule has 0 bridgehead atoms. The summed E-state index contributed by atoms with van der Waals surface area (Å²) in [5.74, 6) is -1.31. The van der Waals surface area contributed by atoms with Gasteiger partial charge in [-0.05, 0) is 12.5 Å². The van der Waals surface area contributed by atoms with Crippen molar-refractivity contribution >= 4 is 46.7 Å². The summed E-state index contributed by atoms with van der Waals surface area (Å²) in [6.07, 6.45) is 0.645. The fraction of sp³-hybridized carbons (Fsp3) is 0.385. The number of carboxylic acid groups (broad SMARTS) is 1. The van der Waals surface area contributed by atoms with Crippen LogP contribution in [0.2, 0.25) is 15.1 Å². The molecule has 5 nitrogen and oxygen atoms in total. The maximum absolute atomic E-state index is 11.9. The highest BCUT2D eigenvalue weighted by atomic mass is 35.5. The number of hydrogen-bond donors (Lipinski definition) is 1. The Hall–Kier alpha value is -1.17. The first-order valence-electron chi connectivity index (χ1n) is 6.12. The lowest BCUT2D eigenvalue weighted by Gasteiger charge is -2.20. The molecule has 116 valence electrons. The van der Waals surface area contributed by atoms with E-state index in [9.17, 15) is 9.59 Å². The number of hydrogen-bond acceptors (Lipinski definition) is 3. The lowest BCUT2D eigenvalue weighted by atomic mass is 10.3. The third kappa shape index (κ3) is 5.61. The Balaban J connectivity index is 2.70. The van der Waals surface area contributed by atoms with Gasteiger partial charge in [0.25, 0.3) is 5.91 Å². The molecule has 21 heavy (non-hydrogen) atoms. The molecule has 0 aliphatic carbocycles. The van der Waals surface area contributed by atoms with Gasteiger partial charge in [0.2, 0.25) is 0 Å². The molecule has 0 unspecified atom stereocenters. The molecule has 1 aromatic rings. The number of nitrogens with zero attached hydrogens (tertiary/aromatic N) is 1. The van der Waals surface area contributed by atoms with Crippen LogP contribution in [0.3, 0.4) is 0 Å². The smallest absolute Gasteiger partial charge is 0.323 e. The zero-order valence-corrected chi connectivity index (χ0v) is 13.5. The van der Waals surface area contributed by atoms with Crippen molar-refractivity contribution < 1.29 is 19.4 Å². The Labute approximate surface area is 137 Å². The molecule has 0 atom stereocenters. The lowest BCUT2D eigenvalue weighted by Crippen LogP contribution is -2.39. The van der Waals surface area contributed by atoms with E-state index in [1.165, 1.54) is 17.0 Å². The highest BCUT2D eigenvalue weighted by molar-refractivity contribution is 6.43. The van der Waals surface area contributed by atoms with E-state index in [1.807, 2.05) is 6.92 Å². The number of aliphatic carboxylic acids is 1. The Bertz CT molecular complexity index is 536. The second kappa shape index (κ2) is 8.32. The minimum atomic E-state index is -1.08. The Kier molecular flexibility index (Phi) is 7.08. The number of carbonyl (C=O) groups excluding carboxylic acids is 1. The molecule has 1 aromatic carbocycles. The molecule has 0 saturated carbocycles. The van der Waals surface area contributed by atoms with Gasteiger partial charge in [-0.25, -0.2) is 0 Å². The molecule has 0 spiro atoms. The third-order valence-corrected chi connectivity index (χ3v) is 3.52. The zero-order chi connectivity index (χ0) is 16.0. The van der Waals surface area contributed by atoms with E-state index in [0.29, 0.717) is 13.0 Å². The summed E-state index contributed by atoms with van der Waals surface area (Å²) >= 11 is 17.5. The van der Waals surface area contributed by atoms with Crippen LogP contribution < -0.4 is 4.74 Å². The van der Waals surface area contributed by atoms with E-state index in [-0.39, 0.29) is 34.0 Å². The minimum Gasteiger partial charge on any atom is -0.482 e. The van der Waals surface area contributed by atoms with E-state index in [2.05, 4.69) is 0 Å². The largest absolute Gasteiger partial charge is 0.482 e. The second-order valence-electron chi connectivity index (χ2n) is 4.19. The monoisotopic (exact) mass is 353 g/mol. The maximum Gasteiger partial charge on any atom is 0.323 e. The number of rotatable bonds is 7. The van der Waals surface area contributed by atoms with Crippen molar-refractivity contribution in [3.05, 3.63) is 27.2 Å². The number of amides is 1. The normalized spacial score (nSPS) is 10.3. The molecule has 0 aliphatic rings. The summed E-state index contributed by atoms with van der Waals surface area (Å²) in [6, 6.07) is 2.81. The predicted molar refractivity (Wildman–Crippen MR) is 81.5 cm³/mol. The highest BCUT2D eigenvalue weighted by Gasteiger charge is 2.17. The highest BCUT2D eigenvalue weighted by Crippen LogP contribution is 2.33. The topological polar surface area (TPSA) is 66.8 Å². The van der Waals surface area contributed by atoms with Crippen molar-refractivity contribution in [1.82, 2.24) is 4.90 Å². The summed E-state index contributed by atoms with van der Waals surface area (Å²) in [5, 5.41) is 9.51. The van der Waals surface area contributed by atoms with Gasteiger partial charge in [0.15, 0.2) is 6.61 Å². The zero-order valence-electron chi connectivity index (χ0n) is 11.2. The van der Waals surface area contributed by atoms with Crippen LogP contribution in [0.25, 0.3) is 0 Å². The van der Waals surface area contributed by atoms with E-state index in [1.54, 1.807) is 0 Å². The summed E-state index contributed by atoms with van der Waals surface area (Å²) in [5.41, 5.74) is 0. The molecule has 1 N–H and O–H groups in total. The minimum absolute atomic E-state index is 0.214. The third-order valence-electron chi connectivity index (χ3n) is 2.50. The molecule has 1 rings (SSSR count). The quantitative estimate of drug-likeness (QED) is 0.763. The van der Waals surface area contributed by atoms with Crippen LogP contribution in [-0.2, 0) is 9.59 Å². The van der Waals surface area contributed by atoms with Gasteiger partial charge in [0, 0.05) is 12.6 Å². The summed E-state index contributed by atoms with van der Waals surface area (Å²) in [7, 11) is 0. The predicted octanol–water partition coefficient (Wildman–Crippen LogP) is 3.35. The van der Waals surface area contributed by atoms with E-state index in [4.69, 9.17) is 44.6 Å². The number of ether oxygens (including phenoxy) is 1. The van der Waals surface area contributed by atoms with Gasteiger partial charge in [-0.1, -0.05) is 41.7 Å². The van der Waals surface area contributed by atoms with Crippen LogP contribution in [0.5, 0.6) is 5.75 Å². The van der Waals surface area contributed by atoms with Gasteiger partial charge < -0.3 is 14.7 Å². The average Bonchev–Trinajstić information content (AvgIpc) is 2.40. The number of carbonyl (C=O) groups is 2. The molecular weight excluding hydrogens is 341 g/mol. The number of carboxylic acids is 1. The van der Waals surface area contributed by atoms with E-state index in [0.717, 1.165) is 0 Å². The number of benzene rings is 1. The van der Waals surface area contributed by atoms with Crippen molar-refractivity contribution in [2.45, 2.75) is 13.3 Å². The lowest BCUT2D eigenvalue weighted by molar-refractivity contribution is -0.145. The van der Waals surface area contributed by atoms with Crippen LogP contribution in [0.15, 0.2) is 12.1 Å². The van der Waals surface area contributed by atoms with Crippen LogP contribution in [0.1, 0.15) is 13.3 Å². The van der Waals surface area contributed by atoms with Crippen molar-refractivity contribution in [3.63, 3.8) is 0 Å². The Morgan fingerprint density at radius 2 is 1.81 bits per heavy atom. The summed E-state index contributed by atoms with van der Waals surface area (Å²) in [6.45, 7) is 1.48. The maximum atomic E-state index is 11.9.